The molecule has 194 valence electrons. The number of methoxy groups -OCH3 is 3. The summed E-state index contributed by atoms with van der Waals surface area (Å²) in [6, 6.07) is 7.55. The van der Waals surface area contributed by atoms with Crippen molar-refractivity contribution in [3.63, 3.8) is 0 Å². The highest BCUT2D eigenvalue weighted by atomic mass is 16.7. The maximum absolute atomic E-state index is 13.8. The van der Waals surface area contributed by atoms with Gasteiger partial charge in [-0.05, 0) is 50.5 Å². The van der Waals surface area contributed by atoms with Gasteiger partial charge < -0.3 is 33.2 Å². The summed E-state index contributed by atoms with van der Waals surface area (Å²) in [7, 11) is 4.72. The minimum atomic E-state index is -0.950. The first-order chi connectivity index (χ1) is 17.4. The summed E-state index contributed by atoms with van der Waals surface area (Å²) in [4.78, 5) is 16.0. The molecule has 2 aromatic rings. The lowest BCUT2D eigenvalue weighted by Crippen LogP contribution is -2.61. The number of hydrogen-bond acceptors (Lipinski definition) is 9. The van der Waals surface area contributed by atoms with Crippen molar-refractivity contribution in [2.45, 2.75) is 38.3 Å². The van der Waals surface area contributed by atoms with Crippen molar-refractivity contribution in [1.29, 1.82) is 0 Å². The highest BCUT2D eigenvalue weighted by Gasteiger charge is 2.56. The van der Waals surface area contributed by atoms with Gasteiger partial charge in [-0.25, -0.2) is 0 Å². The first-order valence-electron chi connectivity index (χ1n) is 12.3. The molecule has 3 atom stereocenters. The smallest absolute Gasteiger partial charge is 0.315 e. The Morgan fingerprint density at radius 2 is 1.61 bits per heavy atom. The molecular weight excluding hydrogens is 466 g/mol. The molecule has 9 nitrogen and oxygen atoms in total. The molecule has 3 aliphatic rings. The zero-order valence-electron chi connectivity index (χ0n) is 21.4. The molecule has 36 heavy (non-hydrogen) atoms. The number of carbonyl (C=O) groups excluding carboxylic acids is 1. The molecule has 1 saturated heterocycles. The predicted octanol–water partition coefficient (Wildman–Crippen LogP) is 3.96. The van der Waals surface area contributed by atoms with Gasteiger partial charge in [0.15, 0.2) is 28.7 Å². The van der Waals surface area contributed by atoms with Gasteiger partial charge >= 0.3 is 5.97 Å². The molecule has 0 aliphatic carbocycles. The maximum atomic E-state index is 13.8. The Kier molecular flexibility index (Phi) is 6.51. The molecular formula is C27H33NO8. The fourth-order valence-electron chi connectivity index (χ4n) is 5.71. The van der Waals surface area contributed by atoms with Crippen molar-refractivity contribution in [3.8, 4) is 34.5 Å². The average Bonchev–Trinajstić information content (AvgIpc) is 3.58. The van der Waals surface area contributed by atoms with E-state index in [-0.39, 0.29) is 19.4 Å². The molecule has 5 rings (SSSR count). The Morgan fingerprint density at radius 1 is 0.972 bits per heavy atom. The number of fused-ring (bicyclic) bond motifs is 2. The summed E-state index contributed by atoms with van der Waals surface area (Å²) < 4.78 is 40.6. The molecule has 0 aromatic heterocycles. The van der Waals surface area contributed by atoms with Crippen LogP contribution in [0.15, 0.2) is 24.3 Å². The topological polar surface area (TPSA) is 84.9 Å². The Balaban J connectivity index is 1.77. The lowest BCUT2D eigenvalue weighted by Gasteiger charge is -2.49. The summed E-state index contributed by atoms with van der Waals surface area (Å²) in [5, 5.41) is 0. The minimum absolute atomic E-state index is 0.137. The van der Waals surface area contributed by atoms with Crippen LogP contribution in [-0.2, 0) is 9.53 Å². The Labute approximate surface area is 211 Å². The molecule has 0 amide bonds. The van der Waals surface area contributed by atoms with Gasteiger partial charge in [0.2, 0.25) is 12.5 Å². The van der Waals surface area contributed by atoms with Crippen LogP contribution in [0.25, 0.3) is 0 Å². The van der Waals surface area contributed by atoms with Crippen molar-refractivity contribution >= 4 is 5.97 Å². The summed E-state index contributed by atoms with van der Waals surface area (Å²) in [5.74, 6) is 1.93. The standard InChI is InChI=1S/C27H33NO8/c1-6-33-26(29)24-23(16-11-21(30-3)25(32-5)22(12-16)31-4)17-13-19-20(35-15-34-19)14-18(17)36-27(24,2)28-9-7-8-10-28/h11-14,23-24H,6-10,15H2,1-5H3/t23-,24+,27+/m1/s1. The molecule has 0 radical (unpaired) electrons. The Hall–Kier alpha value is -3.33. The quantitative estimate of drug-likeness (QED) is 0.526. The first kappa shape index (κ1) is 24.4. The van der Waals surface area contributed by atoms with Gasteiger partial charge in [0.05, 0.1) is 27.9 Å². The van der Waals surface area contributed by atoms with E-state index in [2.05, 4.69) is 4.90 Å². The maximum Gasteiger partial charge on any atom is 0.315 e. The second-order valence-corrected chi connectivity index (χ2v) is 9.26. The van der Waals surface area contributed by atoms with E-state index in [1.54, 1.807) is 21.3 Å². The molecule has 9 heteroatoms. The number of carbonyl (C=O) groups is 1. The zero-order valence-corrected chi connectivity index (χ0v) is 21.4. The molecule has 0 bridgehead atoms. The molecule has 0 unspecified atom stereocenters. The number of esters is 1. The molecule has 2 aromatic carbocycles. The molecule has 0 N–H and O–H groups in total. The zero-order chi connectivity index (χ0) is 25.4. The number of likely N-dealkylation sites (tertiary alicyclic amines) is 1. The van der Waals surface area contributed by atoms with Crippen molar-refractivity contribution in [3.05, 3.63) is 35.4 Å². The lowest BCUT2D eigenvalue weighted by atomic mass is 9.72. The summed E-state index contributed by atoms with van der Waals surface area (Å²) in [6.07, 6.45) is 2.08. The van der Waals surface area contributed by atoms with E-state index in [4.69, 9.17) is 33.2 Å². The van der Waals surface area contributed by atoms with E-state index in [0.29, 0.717) is 34.5 Å². The van der Waals surface area contributed by atoms with Gasteiger partial charge in [0, 0.05) is 30.6 Å². The van der Waals surface area contributed by atoms with Gasteiger partial charge in [0.1, 0.15) is 11.7 Å². The summed E-state index contributed by atoms with van der Waals surface area (Å²) in [6.45, 7) is 5.86. The van der Waals surface area contributed by atoms with Crippen molar-refractivity contribution in [2.24, 2.45) is 5.92 Å². The first-order valence-corrected chi connectivity index (χ1v) is 12.3. The molecule has 1 fully saturated rings. The third-order valence-corrected chi connectivity index (χ3v) is 7.39. The highest BCUT2D eigenvalue weighted by Crippen LogP contribution is 2.55. The van der Waals surface area contributed by atoms with Gasteiger partial charge in [-0.3, -0.25) is 9.69 Å². The van der Waals surface area contributed by atoms with Crippen LogP contribution < -0.4 is 28.4 Å². The van der Waals surface area contributed by atoms with E-state index in [1.165, 1.54) is 0 Å². The summed E-state index contributed by atoms with van der Waals surface area (Å²) >= 11 is 0. The van der Waals surface area contributed by atoms with Crippen LogP contribution in [0.4, 0.5) is 0 Å². The van der Waals surface area contributed by atoms with Crippen molar-refractivity contribution in [2.75, 3.05) is 47.8 Å². The third-order valence-electron chi connectivity index (χ3n) is 7.39. The van der Waals surface area contributed by atoms with Crippen LogP contribution in [0.3, 0.4) is 0 Å². The second kappa shape index (κ2) is 9.61. The fraction of sp³-hybridized carbons (Fsp3) is 0.519. The van der Waals surface area contributed by atoms with Crippen LogP contribution in [0.2, 0.25) is 0 Å². The average molecular weight is 500 g/mol. The van der Waals surface area contributed by atoms with E-state index >= 15 is 0 Å². The largest absolute Gasteiger partial charge is 0.493 e. The molecule has 0 spiro atoms. The van der Waals surface area contributed by atoms with Gasteiger partial charge in [-0.15, -0.1) is 0 Å². The second-order valence-electron chi connectivity index (χ2n) is 9.26. The fourth-order valence-corrected chi connectivity index (χ4v) is 5.71. The number of rotatable bonds is 7. The molecule has 0 saturated carbocycles. The normalized spacial score (nSPS) is 24.6. The van der Waals surface area contributed by atoms with Crippen molar-refractivity contribution < 1.29 is 38.0 Å². The summed E-state index contributed by atoms with van der Waals surface area (Å²) in [5.41, 5.74) is 0.675. The monoisotopic (exact) mass is 499 g/mol. The van der Waals surface area contributed by atoms with Crippen LogP contribution >= 0.6 is 0 Å². The van der Waals surface area contributed by atoms with Crippen LogP contribution in [0, 0.1) is 5.92 Å². The van der Waals surface area contributed by atoms with Crippen LogP contribution in [-0.4, -0.2) is 64.4 Å². The van der Waals surface area contributed by atoms with E-state index in [1.807, 2.05) is 38.1 Å². The molecule has 3 heterocycles. The lowest BCUT2D eigenvalue weighted by molar-refractivity contribution is -0.174. The van der Waals surface area contributed by atoms with Gasteiger partial charge in [-0.1, -0.05) is 0 Å². The predicted molar refractivity (Wildman–Crippen MR) is 130 cm³/mol. The number of nitrogens with zero attached hydrogens (tertiary/aromatic N) is 1. The minimum Gasteiger partial charge on any atom is -0.493 e. The number of benzene rings is 2. The van der Waals surface area contributed by atoms with Gasteiger partial charge in [-0.2, -0.15) is 0 Å². The number of hydrogen-bond donors (Lipinski definition) is 0. The molecule has 3 aliphatic heterocycles. The van der Waals surface area contributed by atoms with E-state index < -0.39 is 17.6 Å². The van der Waals surface area contributed by atoms with Gasteiger partial charge in [0.25, 0.3) is 0 Å². The van der Waals surface area contributed by atoms with E-state index in [0.717, 1.165) is 37.1 Å². The number of ether oxygens (including phenoxy) is 7. The Bertz CT molecular complexity index is 1120. The van der Waals surface area contributed by atoms with Crippen LogP contribution in [0.5, 0.6) is 34.5 Å². The highest BCUT2D eigenvalue weighted by molar-refractivity contribution is 5.78. The van der Waals surface area contributed by atoms with Crippen LogP contribution in [0.1, 0.15) is 43.7 Å². The van der Waals surface area contributed by atoms with Crippen molar-refractivity contribution in [1.82, 2.24) is 4.90 Å². The van der Waals surface area contributed by atoms with E-state index in [9.17, 15) is 4.79 Å². The Morgan fingerprint density at radius 3 is 2.19 bits per heavy atom. The third kappa shape index (κ3) is 3.86. The SMILES string of the molecule is CCOC(=O)[C@@H]1[C@H](c2cc(OC)c(OC)c(OC)c2)c2cc3c(cc2O[C@]1(C)N1CCCC1)OCO3.